The molecule has 0 aromatic heterocycles. The number of nitro benzene ring substituents is 1. The van der Waals surface area contributed by atoms with Crippen LogP contribution in [0.4, 0.5) is 5.69 Å². The molecule has 0 aliphatic carbocycles. The monoisotopic (exact) mass is 406 g/mol. The molecule has 0 spiro atoms. The number of methoxy groups -OCH3 is 2. The van der Waals surface area contributed by atoms with Crippen molar-refractivity contribution < 1.29 is 27.6 Å². The number of nitro groups is 1. The highest BCUT2D eigenvalue weighted by Crippen LogP contribution is 2.27. The van der Waals surface area contributed by atoms with Crippen molar-refractivity contribution in [2.75, 3.05) is 14.2 Å². The third kappa shape index (κ3) is 4.72. The molecule has 2 rings (SSSR count). The number of nitrogens with zero attached hydrogens (tertiary/aromatic N) is 1. The maximum Gasteiger partial charge on any atom is 0.335 e. The number of non-ortho nitro benzene ring substituents is 1. The van der Waals surface area contributed by atoms with Crippen LogP contribution >= 0.6 is 0 Å². The topological polar surface area (TPSA) is 125 Å². The van der Waals surface area contributed by atoms with Crippen molar-refractivity contribution in [1.29, 1.82) is 0 Å². The lowest BCUT2D eigenvalue weighted by molar-refractivity contribution is -0.384. The first-order valence-corrected chi connectivity index (χ1v) is 9.35. The summed E-state index contributed by atoms with van der Waals surface area (Å²) in [7, 11) is -1.54. The molecule has 0 amide bonds. The molecule has 0 saturated carbocycles. The second-order valence-electron chi connectivity index (χ2n) is 5.60. The van der Waals surface area contributed by atoms with Crippen molar-refractivity contribution >= 4 is 21.7 Å². The number of sulfonamides is 1. The minimum Gasteiger partial charge on any atom is -0.497 e. The van der Waals surface area contributed by atoms with Crippen molar-refractivity contribution in [3.8, 4) is 5.75 Å². The van der Waals surface area contributed by atoms with Crippen LogP contribution in [0.2, 0.25) is 0 Å². The molecule has 0 bridgehead atoms. The first-order chi connectivity index (χ1) is 13.2. The zero-order valence-corrected chi connectivity index (χ0v) is 15.9. The number of nitrogens with one attached hydrogen (secondary N) is 1. The number of hydrogen-bond acceptors (Lipinski definition) is 7. The number of carbonyl (C=O) groups is 1. The number of esters is 1. The van der Waals surface area contributed by atoms with E-state index in [1.807, 2.05) is 0 Å². The quantitative estimate of drug-likeness (QED) is 0.309. The average molecular weight is 406 g/mol. The highest BCUT2D eigenvalue weighted by molar-refractivity contribution is 7.89. The standard InChI is InChI=1S/C18H18N2O7S/c1-12(18(21)27-3)17(13-5-4-6-15(11-13)26-2)19-28(24,25)16-9-7-14(8-10-16)20(22)23/h4-11,17,19H,1H2,2-3H3/t17-/m1/s1. The number of rotatable bonds is 8. The summed E-state index contributed by atoms with van der Waals surface area (Å²) in [5.74, 6) is -0.339. The summed E-state index contributed by atoms with van der Waals surface area (Å²) in [6.07, 6.45) is 0. The Morgan fingerprint density at radius 1 is 1.18 bits per heavy atom. The van der Waals surface area contributed by atoms with Gasteiger partial charge in [-0.15, -0.1) is 0 Å². The Labute approximate surface area is 161 Å². The maximum atomic E-state index is 12.8. The predicted octanol–water partition coefficient (Wildman–Crippen LogP) is 2.35. The van der Waals surface area contributed by atoms with E-state index in [0.29, 0.717) is 11.3 Å². The molecule has 2 aromatic carbocycles. The molecule has 0 radical (unpaired) electrons. The van der Waals surface area contributed by atoms with Crippen molar-refractivity contribution in [3.05, 3.63) is 76.4 Å². The van der Waals surface area contributed by atoms with E-state index in [2.05, 4.69) is 16.0 Å². The van der Waals surface area contributed by atoms with Crippen molar-refractivity contribution in [1.82, 2.24) is 4.72 Å². The third-order valence-electron chi connectivity index (χ3n) is 3.85. The van der Waals surface area contributed by atoms with E-state index in [1.54, 1.807) is 24.3 Å². The van der Waals surface area contributed by atoms with Gasteiger partial charge in [0.05, 0.1) is 35.7 Å². The lowest BCUT2D eigenvalue weighted by Gasteiger charge is -2.20. The van der Waals surface area contributed by atoms with Crippen LogP contribution in [0, 0.1) is 10.1 Å². The van der Waals surface area contributed by atoms with Gasteiger partial charge >= 0.3 is 5.97 Å². The Hall–Kier alpha value is -3.24. The van der Waals surface area contributed by atoms with Gasteiger partial charge in [-0.05, 0) is 29.8 Å². The highest BCUT2D eigenvalue weighted by Gasteiger charge is 2.28. The SMILES string of the molecule is C=C(C(=O)OC)[C@@H](NS(=O)(=O)c1ccc([N+](=O)[O-])cc1)c1cccc(OC)c1. The van der Waals surface area contributed by atoms with Gasteiger partial charge in [-0.25, -0.2) is 13.2 Å². The normalized spacial score (nSPS) is 12.1. The van der Waals surface area contributed by atoms with E-state index in [1.165, 1.54) is 7.11 Å². The fourth-order valence-corrected chi connectivity index (χ4v) is 3.60. The van der Waals surface area contributed by atoms with Crippen LogP contribution in [0.1, 0.15) is 11.6 Å². The Morgan fingerprint density at radius 2 is 1.82 bits per heavy atom. The number of carbonyl (C=O) groups excluding carboxylic acids is 1. The molecule has 0 heterocycles. The Bertz CT molecular complexity index is 1000. The minimum absolute atomic E-state index is 0.138. The fraction of sp³-hybridized carbons (Fsp3) is 0.167. The minimum atomic E-state index is -4.14. The molecule has 9 nitrogen and oxygen atoms in total. The fourth-order valence-electron chi connectivity index (χ4n) is 2.38. The summed E-state index contributed by atoms with van der Waals surface area (Å²) in [4.78, 5) is 21.9. The van der Waals surface area contributed by atoms with Gasteiger partial charge in [0.15, 0.2) is 0 Å². The van der Waals surface area contributed by atoms with Gasteiger partial charge in [0.2, 0.25) is 10.0 Å². The Kier molecular flexibility index (Phi) is 6.49. The van der Waals surface area contributed by atoms with Crippen LogP contribution in [0.15, 0.2) is 65.6 Å². The largest absolute Gasteiger partial charge is 0.497 e. The molecule has 28 heavy (non-hydrogen) atoms. The predicted molar refractivity (Wildman–Crippen MR) is 100 cm³/mol. The van der Waals surface area contributed by atoms with Gasteiger partial charge in [-0.2, -0.15) is 4.72 Å². The molecular weight excluding hydrogens is 388 g/mol. The van der Waals surface area contributed by atoms with Crippen LogP contribution in [-0.2, 0) is 19.6 Å². The van der Waals surface area contributed by atoms with Crippen LogP contribution in [0.3, 0.4) is 0 Å². The first-order valence-electron chi connectivity index (χ1n) is 7.87. The van der Waals surface area contributed by atoms with Crippen LogP contribution in [0.25, 0.3) is 0 Å². The molecule has 0 fully saturated rings. The second kappa shape index (κ2) is 8.63. The Balaban J connectivity index is 2.44. The third-order valence-corrected chi connectivity index (χ3v) is 5.29. The van der Waals surface area contributed by atoms with E-state index in [0.717, 1.165) is 31.4 Å². The molecule has 1 atom stereocenters. The molecule has 0 unspecified atom stereocenters. The average Bonchev–Trinajstić information content (AvgIpc) is 2.71. The van der Waals surface area contributed by atoms with E-state index < -0.39 is 27.0 Å². The first kappa shape index (κ1) is 21.1. The van der Waals surface area contributed by atoms with Gasteiger partial charge in [0.25, 0.3) is 5.69 Å². The Morgan fingerprint density at radius 3 is 2.36 bits per heavy atom. The van der Waals surface area contributed by atoms with Gasteiger partial charge in [0, 0.05) is 12.1 Å². The number of benzene rings is 2. The van der Waals surface area contributed by atoms with Gasteiger partial charge in [-0.1, -0.05) is 18.7 Å². The van der Waals surface area contributed by atoms with Crippen molar-refractivity contribution in [2.45, 2.75) is 10.9 Å². The smallest absolute Gasteiger partial charge is 0.335 e. The second-order valence-corrected chi connectivity index (χ2v) is 7.31. The van der Waals surface area contributed by atoms with E-state index in [9.17, 15) is 23.3 Å². The van der Waals surface area contributed by atoms with Gasteiger partial charge in [-0.3, -0.25) is 10.1 Å². The summed E-state index contributed by atoms with van der Waals surface area (Å²) >= 11 is 0. The highest BCUT2D eigenvalue weighted by atomic mass is 32.2. The molecule has 2 aromatic rings. The molecular formula is C18H18N2O7S. The lowest BCUT2D eigenvalue weighted by Crippen LogP contribution is -2.32. The summed E-state index contributed by atoms with van der Waals surface area (Å²) in [5.41, 5.74) is 0.0174. The zero-order valence-electron chi connectivity index (χ0n) is 15.1. The van der Waals surface area contributed by atoms with Gasteiger partial charge < -0.3 is 9.47 Å². The van der Waals surface area contributed by atoms with E-state index >= 15 is 0 Å². The lowest BCUT2D eigenvalue weighted by atomic mass is 10.0. The van der Waals surface area contributed by atoms with E-state index in [-0.39, 0.29) is 16.2 Å². The summed E-state index contributed by atoms with van der Waals surface area (Å²) in [5, 5.41) is 10.7. The number of hydrogen-bond donors (Lipinski definition) is 1. The molecule has 0 aliphatic rings. The summed E-state index contributed by atoms with van der Waals surface area (Å²) in [6.45, 7) is 3.64. The molecule has 148 valence electrons. The van der Waals surface area contributed by atoms with Crippen molar-refractivity contribution in [2.24, 2.45) is 0 Å². The van der Waals surface area contributed by atoms with Crippen LogP contribution in [-0.4, -0.2) is 33.5 Å². The molecule has 10 heteroatoms. The number of ether oxygens (including phenoxy) is 2. The molecule has 1 N–H and O–H groups in total. The molecule has 0 aliphatic heterocycles. The zero-order chi connectivity index (χ0) is 20.9. The van der Waals surface area contributed by atoms with Crippen LogP contribution < -0.4 is 9.46 Å². The maximum absolute atomic E-state index is 12.8. The summed E-state index contributed by atoms with van der Waals surface area (Å²) < 4.78 is 37.7. The van der Waals surface area contributed by atoms with Crippen LogP contribution in [0.5, 0.6) is 5.75 Å². The summed E-state index contributed by atoms with van der Waals surface area (Å²) in [6, 6.07) is 9.65. The molecule has 0 saturated heterocycles. The van der Waals surface area contributed by atoms with Crippen molar-refractivity contribution in [3.63, 3.8) is 0 Å². The van der Waals surface area contributed by atoms with E-state index in [4.69, 9.17) is 4.74 Å². The van der Waals surface area contributed by atoms with Gasteiger partial charge in [0.1, 0.15) is 5.75 Å².